The van der Waals surface area contributed by atoms with E-state index in [0.29, 0.717) is 0 Å². The van der Waals surface area contributed by atoms with Gasteiger partial charge in [-0.05, 0) is 0 Å². The molecule has 8 heteroatoms. The van der Waals surface area contributed by atoms with Crippen LogP contribution in [0.15, 0.2) is 0 Å². The van der Waals surface area contributed by atoms with Gasteiger partial charge in [0.2, 0.25) is 0 Å². The van der Waals surface area contributed by atoms with Gasteiger partial charge >= 0.3 is 11.9 Å². The Hall–Kier alpha value is -0.466. The van der Waals surface area contributed by atoms with E-state index in [1.165, 1.54) is 0 Å². The molecule has 0 aliphatic carbocycles. The van der Waals surface area contributed by atoms with Crippen LogP contribution in [0.5, 0.6) is 0 Å². The maximum Gasteiger partial charge on any atom is 0.414 e. The summed E-state index contributed by atoms with van der Waals surface area (Å²) in [5.41, 5.74) is 0. The predicted octanol–water partition coefficient (Wildman–Crippen LogP) is -2.33. The van der Waals surface area contributed by atoms with Gasteiger partial charge < -0.3 is 27.3 Å². The first-order valence-corrected chi connectivity index (χ1v) is 1.11. The van der Waals surface area contributed by atoms with Gasteiger partial charge in [0.25, 0.3) is 0 Å². The molecule has 0 bridgehead atoms. The number of hydrogen-bond acceptors (Lipinski definition) is 3. The van der Waals surface area contributed by atoms with E-state index in [4.69, 9.17) is 19.8 Å². The van der Waals surface area contributed by atoms with Crippen LogP contribution in [0.2, 0.25) is 0 Å². The summed E-state index contributed by atoms with van der Waals surface area (Å²) in [4.78, 5) is 18.2. The standard InChI is InChI=1S/C2H2O4.H3N.2H2O.Ti/c3-1(4)2(5)6;;;;/h(H,3,4)(H,5,6);1H3;2*1H2;. The molecule has 0 unspecified atom stereocenters. The van der Waals surface area contributed by atoms with E-state index in [-0.39, 0.29) is 38.8 Å². The average molecular weight is 191 g/mol. The van der Waals surface area contributed by atoms with Crippen LogP contribution in [-0.2, 0) is 31.3 Å². The number of rotatable bonds is 0. The van der Waals surface area contributed by atoms with Crippen molar-refractivity contribution in [3.05, 3.63) is 0 Å². The normalized spacial score (nSPS) is 4.40. The van der Waals surface area contributed by atoms with Crippen molar-refractivity contribution in [1.29, 1.82) is 0 Å². The van der Waals surface area contributed by atoms with E-state index in [0.717, 1.165) is 0 Å². The molecular weight excluding hydrogens is 182 g/mol. The summed E-state index contributed by atoms with van der Waals surface area (Å²) >= 11 is 0. The fourth-order valence-electron chi connectivity index (χ4n) is 0. The Morgan fingerprint density at radius 2 is 1.00 bits per heavy atom. The number of carbonyl (C=O) groups is 2. The minimum Gasteiger partial charge on any atom is -0.473 e. The van der Waals surface area contributed by atoms with Gasteiger partial charge in [-0.15, -0.1) is 0 Å². The molecule has 7 nitrogen and oxygen atoms in total. The predicted molar refractivity (Wildman–Crippen MR) is 27.5 cm³/mol. The Bertz CT molecular complexity index is 81.7. The zero-order valence-electron chi connectivity index (χ0n) is 4.92. The van der Waals surface area contributed by atoms with Crippen molar-refractivity contribution in [2.24, 2.45) is 0 Å². The van der Waals surface area contributed by atoms with E-state index in [1.54, 1.807) is 0 Å². The Balaban J connectivity index is -0.0000000208. The number of carboxylic acids is 2. The number of hydrogen-bond donors (Lipinski definition) is 3. The number of aliphatic carboxylic acids is 2. The minimum absolute atomic E-state index is 0. The molecule has 0 rings (SSSR count). The molecule has 0 heterocycles. The third kappa shape index (κ3) is 25.8. The molecule has 0 saturated heterocycles. The molecule has 62 valence electrons. The Kier molecular flexibility index (Phi) is 53.4. The van der Waals surface area contributed by atoms with Crippen LogP contribution in [0, 0.1) is 0 Å². The second-order valence-corrected chi connectivity index (χ2v) is 0.610. The molecule has 0 saturated carbocycles. The van der Waals surface area contributed by atoms with Crippen molar-refractivity contribution >= 4 is 11.9 Å². The Morgan fingerprint density at radius 1 is 0.900 bits per heavy atom. The van der Waals surface area contributed by atoms with Crippen molar-refractivity contribution in [3.8, 4) is 0 Å². The van der Waals surface area contributed by atoms with E-state index >= 15 is 0 Å². The largest absolute Gasteiger partial charge is 0.473 e. The first-order valence-electron chi connectivity index (χ1n) is 1.11. The van der Waals surface area contributed by atoms with Crippen molar-refractivity contribution in [1.82, 2.24) is 6.15 Å². The van der Waals surface area contributed by atoms with Gasteiger partial charge in [-0.25, -0.2) is 9.59 Å². The van der Waals surface area contributed by atoms with Crippen molar-refractivity contribution in [2.45, 2.75) is 0 Å². The molecule has 0 spiro atoms. The van der Waals surface area contributed by atoms with Crippen LogP contribution in [0.25, 0.3) is 0 Å². The molecule has 0 atom stereocenters. The van der Waals surface area contributed by atoms with E-state index < -0.39 is 11.9 Å². The molecule has 0 aromatic carbocycles. The summed E-state index contributed by atoms with van der Waals surface area (Å²) in [6.07, 6.45) is 0. The summed E-state index contributed by atoms with van der Waals surface area (Å²) in [6.45, 7) is 0. The molecule has 0 fully saturated rings. The van der Waals surface area contributed by atoms with Crippen LogP contribution in [-0.4, -0.2) is 33.1 Å². The zero-order chi connectivity index (χ0) is 5.15. The summed E-state index contributed by atoms with van der Waals surface area (Å²) < 4.78 is 0. The van der Waals surface area contributed by atoms with E-state index in [2.05, 4.69) is 0 Å². The van der Waals surface area contributed by atoms with Crippen molar-refractivity contribution in [3.63, 3.8) is 0 Å². The molecule has 0 radical (unpaired) electrons. The fraction of sp³-hybridized carbons (Fsp3) is 0. The molecule has 0 aliphatic heterocycles. The van der Waals surface area contributed by atoms with Gasteiger partial charge in [0.05, 0.1) is 0 Å². The van der Waals surface area contributed by atoms with Crippen LogP contribution in [0.3, 0.4) is 0 Å². The molecule has 9 N–H and O–H groups in total. The SMILES string of the molecule is N.O.O.O=C(O)C(=O)O.[Ti]. The van der Waals surface area contributed by atoms with Gasteiger partial charge in [0.1, 0.15) is 0 Å². The van der Waals surface area contributed by atoms with Gasteiger partial charge in [-0.3, -0.25) is 0 Å². The van der Waals surface area contributed by atoms with Gasteiger partial charge in [0, 0.05) is 21.7 Å². The summed E-state index contributed by atoms with van der Waals surface area (Å²) in [5.74, 6) is -3.65. The smallest absolute Gasteiger partial charge is 0.414 e. The van der Waals surface area contributed by atoms with Crippen molar-refractivity contribution < 1.29 is 52.5 Å². The van der Waals surface area contributed by atoms with E-state index in [9.17, 15) is 0 Å². The Morgan fingerprint density at radius 3 is 1.00 bits per heavy atom. The minimum atomic E-state index is -1.82. The third-order valence-corrected chi connectivity index (χ3v) is 0.183. The first-order chi connectivity index (χ1) is 2.64. The maximum absolute atomic E-state index is 9.10. The molecule has 0 aromatic heterocycles. The summed E-state index contributed by atoms with van der Waals surface area (Å²) in [5, 5.41) is 14.8. The van der Waals surface area contributed by atoms with Crippen LogP contribution in [0.1, 0.15) is 0 Å². The molecule has 0 aromatic rings. The summed E-state index contributed by atoms with van der Waals surface area (Å²) in [6, 6.07) is 0. The second-order valence-electron chi connectivity index (χ2n) is 0.610. The van der Waals surface area contributed by atoms with Crippen LogP contribution < -0.4 is 6.15 Å². The average Bonchev–Trinajstić information content (AvgIpc) is 1.36. The Labute approximate surface area is 71.1 Å². The quantitative estimate of drug-likeness (QED) is 0.287. The van der Waals surface area contributed by atoms with E-state index in [1.807, 2.05) is 0 Å². The first kappa shape index (κ1) is 33.8. The molecule has 0 aliphatic rings. The maximum atomic E-state index is 9.10. The zero-order valence-corrected chi connectivity index (χ0v) is 6.48. The van der Waals surface area contributed by atoms with Gasteiger partial charge in [0.15, 0.2) is 0 Å². The topological polar surface area (TPSA) is 173 Å². The molecular formula is C2H9NO6Ti. The number of carboxylic acid groups (broad SMARTS) is 2. The third-order valence-electron chi connectivity index (χ3n) is 0.183. The fourth-order valence-corrected chi connectivity index (χ4v) is 0. The summed E-state index contributed by atoms with van der Waals surface area (Å²) in [7, 11) is 0. The molecule has 10 heavy (non-hydrogen) atoms. The monoisotopic (exact) mass is 191 g/mol. The van der Waals surface area contributed by atoms with Crippen molar-refractivity contribution in [2.75, 3.05) is 0 Å². The van der Waals surface area contributed by atoms with Crippen LogP contribution in [0.4, 0.5) is 0 Å². The molecule has 0 amide bonds. The van der Waals surface area contributed by atoms with Crippen LogP contribution >= 0.6 is 0 Å². The van der Waals surface area contributed by atoms with Gasteiger partial charge in [-0.2, -0.15) is 0 Å². The van der Waals surface area contributed by atoms with Gasteiger partial charge in [-0.1, -0.05) is 0 Å². The second kappa shape index (κ2) is 15.8.